The molecule has 0 unspecified atom stereocenters. The fraction of sp³-hybridized carbons (Fsp3) is 0.111. The standard InChI is InChI=1S/C18H15ClN2O4/c1-10-3-5-12(19)8-13(10)20-18(23)14-9-17(25-21-14)11-4-6-16(24-2)15(22)7-11/h3-9,22H,1-2H3,(H,20,23). The molecule has 3 aromatic rings. The lowest BCUT2D eigenvalue weighted by Gasteiger charge is -2.06. The average molecular weight is 359 g/mol. The van der Waals surface area contributed by atoms with Crippen molar-refractivity contribution in [1.29, 1.82) is 0 Å². The highest BCUT2D eigenvalue weighted by atomic mass is 35.5. The van der Waals surface area contributed by atoms with Crippen molar-refractivity contribution < 1.29 is 19.2 Å². The number of rotatable bonds is 4. The van der Waals surface area contributed by atoms with Gasteiger partial charge in [-0.1, -0.05) is 22.8 Å². The fourth-order valence-electron chi connectivity index (χ4n) is 2.28. The minimum absolute atomic E-state index is 0.0306. The second kappa shape index (κ2) is 6.86. The predicted octanol–water partition coefficient (Wildman–Crippen LogP) is 4.27. The number of methoxy groups -OCH3 is 1. The SMILES string of the molecule is COc1ccc(-c2cc(C(=O)Nc3cc(Cl)ccc3C)no2)cc1O. The van der Waals surface area contributed by atoms with E-state index in [0.717, 1.165) is 5.56 Å². The van der Waals surface area contributed by atoms with E-state index in [1.807, 2.05) is 13.0 Å². The number of aryl methyl sites for hydroxylation is 1. The van der Waals surface area contributed by atoms with Gasteiger partial charge in [0, 0.05) is 22.3 Å². The maximum absolute atomic E-state index is 12.3. The van der Waals surface area contributed by atoms with Gasteiger partial charge >= 0.3 is 0 Å². The van der Waals surface area contributed by atoms with Gasteiger partial charge < -0.3 is 19.7 Å². The highest BCUT2D eigenvalue weighted by molar-refractivity contribution is 6.31. The molecule has 0 saturated carbocycles. The Kier molecular flexibility index (Phi) is 4.63. The normalized spacial score (nSPS) is 10.5. The van der Waals surface area contributed by atoms with Crippen LogP contribution in [-0.2, 0) is 0 Å². The number of halogens is 1. The van der Waals surface area contributed by atoms with Gasteiger partial charge in [0.2, 0.25) is 0 Å². The smallest absolute Gasteiger partial charge is 0.277 e. The molecule has 1 amide bonds. The van der Waals surface area contributed by atoms with E-state index in [4.69, 9.17) is 20.9 Å². The number of nitrogens with one attached hydrogen (secondary N) is 1. The van der Waals surface area contributed by atoms with E-state index in [-0.39, 0.29) is 11.4 Å². The van der Waals surface area contributed by atoms with Crippen molar-refractivity contribution in [1.82, 2.24) is 5.16 Å². The Hall–Kier alpha value is -2.99. The van der Waals surface area contributed by atoms with Crippen LogP contribution in [0.1, 0.15) is 16.1 Å². The van der Waals surface area contributed by atoms with Crippen LogP contribution in [0.3, 0.4) is 0 Å². The molecule has 0 aliphatic carbocycles. The van der Waals surface area contributed by atoms with Gasteiger partial charge in [-0.05, 0) is 42.8 Å². The number of anilines is 1. The predicted molar refractivity (Wildman–Crippen MR) is 94.3 cm³/mol. The number of aromatic hydroxyl groups is 1. The van der Waals surface area contributed by atoms with Gasteiger partial charge in [0.15, 0.2) is 23.0 Å². The van der Waals surface area contributed by atoms with Gasteiger partial charge in [-0.2, -0.15) is 0 Å². The Bertz CT molecular complexity index is 937. The topological polar surface area (TPSA) is 84.6 Å². The number of ether oxygens (including phenoxy) is 1. The summed E-state index contributed by atoms with van der Waals surface area (Å²) in [7, 11) is 1.46. The van der Waals surface area contributed by atoms with Crippen molar-refractivity contribution in [3.63, 3.8) is 0 Å². The number of phenolic OH excluding ortho intramolecular Hbond substituents is 1. The minimum atomic E-state index is -0.418. The number of hydrogen-bond donors (Lipinski definition) is 2. The molecule has 0 bridgehead atoms. The molecule has 6 nitrogen and oxygen atoms in total. The molecule has 0 spiro atoms. The largest absolute Gasteiger partial charge is 0.504 e. The average Bonchev–Trinajstić information content (AvgIpc) is 3.08. The van der Waals surface area contributed by atoms with Crippen molar-refractivity contribution in [2.75, 3.05) is 12.4 Å². The van der Waals surface area contributed by atoms with E-state index in [0.29, 0.717) is 27.8 Å². The van der Waals surface area contributed by atoms with Gasteiger partial charge in [0.25, 0.3) is 5.91 Å². The Labute approximate surface area is 149 Å². The van der Waals surface area contributed by atoms with Crippen LogP contribution in [0.5, 0.6) is 11.5 Å². The number of aromatic nitrogens is 1. The Morgan fingerprint density at radius 3 is 2.76 bits per heavy atom. The quantitative estimate of drug-likeness (QED) is 0.727. The molecule has 3 rings (SSSR count). The summed E-state index contributed by atoms with van der Waals surface area (Å²) in [5, 5.41) is 16.9. The number of benzene rings is 2. The van der Waals surface area contributed by atoms with Crippen LogP contribution in [-0.4, -0.2) is 23.3 Å². The molecule has 2 N–H and O–H groups in total. The van der Waals surface area contributed by atoms with E-state index < -0.39 is 5.91 Å². The Morgan fingerprint density at radius 2 is 2.04 bits per heavy atom. The molecule has 0 aliphatic rings. The second-order valence-corrected chi connectivity index (χ2v) is 5.81. The van der Waals surface area contributed by atoms with Gasteiger partial charge in [0.05, 0.1) is 7.11 Å². The lowest BCUT2D eigenvalue weighted by atomic mass is 10.1. The molecule has 25 heavy (non-hydrogen) atoms. The van der Waals surface area contributed by atoms with Crippen LogP contribution < -0.4 is 10.1 Å². The fourth-order valence-corrected chi connectivity index (χ4v) is 2.45. The summed E-state index contributed by atoms with van der Waals surface area (Å²) in [6.45, 7) is 1.86. The zero-order chi connectivity index (χ0) is 18.0. The van der Waals surface area contributed by atoms with Gasteiger partial charge in [-0.25, -0.2) is 0 Å². The molecule has 0 radical (unpaired) electrons. The molecule has 0 aliphatic heterocycles. The molecule has 1 heterocycles. The van der Waals surface area contributed by atoms with Crippen LogP contribution in [0, 0.1) is 6.92 Å². The summed E-state index contributed by atoms with van der Waals surface area (Å²) in [5.41, 5.74) is 2.17. The van der Waals surface area contributed by atoms with Gasteiger partial charge in [0.1, 0.15) is 0 Å². The number of phenols is 1. The highest BCUT2D eigenvalue weighted by Crippen LogP contribution is 2.31. The highest BCUT2D eigenvalue weighted by Gasteiger charge is 2.16. The van der Waals surface area contributed by atoms with Gasteiger partial charge in [-0.3, -0.25) is 4.79 Å². The third-order valence-corrected chi connectivity index (χ3v) is 3.89. The lowest BCUT2D eigenvalue weighted by Crippen LogP contribution is -2.13. The Balaban J connectivity index is 1.82. The third kappa shape index (κ3) is 3.59. The van der Waals surface area contributed by atoms with E-state index in [1.54, 1.807) is 24.3 Å². The molecular formula is C18H15ClN2O4. The number of carbonyl (C=O) groups excluding carboxylic acids is 1. The van der Waals surface area contributed by atoms with E-state index in [9.17, 15) is 9.90 Å². The summed E-state index contributed by atoms with van der Waals surface area (Å²) in [6, 6.07) is 11.5. The summed E-state index contributed by atoms with van der Waals surface area (Å²) in [6.07, 6.45) is 0. The first-order chi connectivity index (χ1) is 12.0. The number of amides is 1. The summed E-state index contributed by atoms with van der Waals surface area (Å²) >= 11 is 5.95. The molecule has 128 valence electrons. The minimum Gasteiger partial charge on any atom is -0.504 e. The van der Waals surface area contributed by atoms with Crippen molar-refractivity contribution in [3.8, 4) is 22.8 Å². The number of carbonyl (C=O) groups is 1. The van der Waals surface area contributed by atoms with E-state index >= 15 is 0 Å². The molecule has 1 aromatic heterocycles. The summed E-state index contributed by atoms with van der Waals surface area (Å²) in [5.74, 6) is 0.249. The second-order valence-electron chi connectivity index (χ2n) is 5.38. The zero-order valence-corrected chi connectivity index (χ0v) is 14.3. The number of nitrogens with zero attached hydrogens (tertiary/aromatic N) is 1. The summed E-state index contributed by atoms with van der Waals surface area (Å²) in [4.78, 5) is 12.3. The van der Waals surface area contributed by atoms with E-state index in [2.05, 4.69) is 10.5 Å². The molecule has 0 fully saturated rings. The first kappa shape index (κ1) is 16.9. The first-order valence-electron chi connectivity index (χ1n) is 7.39. The van der Waals surface area contributed by atoms with Gasteiger partial charge in [-0.15, -0.1) is 0 Å². The van der Waals surface area contributed by atoms with Crippen molar-refractivity contribution in [2.24, 2.45) is 0 Å². The maximum atomic E-state index is 12.3. The lowest BCUT2D eigenvalue weighted by molar-refractivity contribution is 0.101. The van der Waals surface area contributed by atoms with E-state index in [1.165, 1.54) is 19.2 Å². The third-order valence-electron chi connectivity index (χ3n) is 3.65. The molecular weight excluding hydrogens is 344 g/mol. The monoisotopic (exact) mass is 358 g/mol. The van der Waals surface area contributed by atoms with Crippen LogP contribution in [0.15, 0.2) is 47.0 Å². The van der Waals surface area contributed by atoms with Crippen molar-refractivity contribution >= 4 is 23.2 Å². The maximum Gasteiger partial charge on any atom is 0.277 e. The summed E-state index contributed by atoms with van der Waals surface area (Å²) < 4.78 is 10.2. The van der Waals surface area contributed by atoms with Crippen LogP contribution in [0.25, 0.3) is 11.3 Å². The first-order valence-corrected chi connectivity index (χ1v) is 7.77. The van der Waals surface area contributed by atoms with Crippen molar-refractivity contribution in [3.05, 3.63) is 58.7 Å². The van der Waals surface area contributed by atoms with Crippen LogP contribution >= 0.6 is 11.6 Å². The van der Waals surface area contributed by atoms with Crippen molar-refractivity contribution in [2.45, 2.75) is 6.92 Å². The van der Waals surface area contributed by atoms with Crippen LogP contribution in [0.4, 0.5) is 5.69 Å². The molecule has 0 saturated heterocycles. The number of hydrogen-bond acceptors (Lipinski definition) is 5. The Morgan fingerprint density at radius 1 is 1.24 bits per heavy atom. The molecule has 0 atom stereocenters. The zero-order valence-electron chi connectivity index (χ0n) is 13.5. The molecule has 2 aromatic carbocycles. The van der Waals surface area contributed by atoms with Crippen LogP contribution in [0.2, 0.25) is 5.02 Å². The molecule has 7 heteroatoms.